The number of aryl methyl sites for hydroxylation is 1. The van der Waals surface area contributed by atoms with Crippen molar-refractivity contribution in [2.24, 2.45) is 0 Å². The molecule has 5 nitrogen and oxygen atoms in total. The summed E-state index contributed by atoms with van der Waals surface area (Å²) in [5.74, 6) is -0.177. The third-order valence-corrected chi connectivity index (χ3v) is 3.27. The van der Waals surface area contributed by atoms with Crippen molar-refractivity contribution in [3.8, 4) is 5.69 Å². The van der Waals surface area contributed by atoms with E-state index in [1.54, 1.807) is 24.0 Å². The molecular formula is C16H22N4O. The summed E-state index contributed by atoms with van der Waals surface area (Å²) in [6, 6.07) is 8.44. The second-order valence-electron chi connectivity index (χ2n) is 5.38. The molecular weight excluding hydrogens is 264 g/mol. The van der Waals surface area contributed by atoms with Gasteiger partial charge in [0.1, 0.15) is 0 Å². The maximum Gasteiger partial charge on any atom is 0.271 e. The van der Waals surface area contributed by atoms with E-state index >= 15 is 0 Å². The molecule has 0 saturated carbocycles. The molecule has 0 saturated heterocycles. The summed E-state index contributed by atoms with van der Waals surface area (Å²) in [5, 5.41) is 10.3. The van der Waals surface area contributed by atoms with E-state index < -0.39 is 0 Å². The lowest BCUT2D eigenvalue weighted by Crippen LogP contribution is -2.21. The zero-order valence-electron chi connectivity index (χ0n) is 13.0. The van der Waals surface area contributed by atoms with Crippen molar-refractivity contribution in [2.45, 2.75) is 33.4 Å². The SMILES string of the molecule is CNC(=O)c1ccn(-c2ccc(CNC(C)C)cc2C)n1. The third-order valence-electron chi connectivity index (χ3n) is 3.27. The molecule has 0 radical (unpaired) electrons. The normalized spacial score (nSPS) is 10.9. The topological polar surface area (TPSA) is 59.0 Å². The molecule has 1 aromatic carbocycles. The van der Waals surface area contributed by atoms with E-state index in [1.807, 2.05) is 6.07 Å². The molecule has 0 fully saturated rings. The maximum atomic E-state index is 11.6. The van der Waals surface area contributed by atoms with Crippen LogP contribution in [-0.2, 0) is 6.54 Å². The molecule has 0 aliphatic rings. The van der Waals surface area contributed by atoms with Gasteiger partial charge in [-0.2, -0.15) is 5.10 Å². The van der Waals surface area contributed by atoms with Crippen molar-refractivity contribution in [1.82, 2.24) is 20.4 Å². The zero-order valence-corrected chi connectivity index (χ0v) is 13.0. The number of aromatic nitrogens is 2. The van der Waals surface area contributed by atoms with Crippen molar-refractivity contribution in [3.63, 3.8) is 0 Å². The minimum atomic E-state index is -0.177. The van der Waals surface area contributed by atoms with Gasteiger partial charge in [-0.15, -0.1) is 0 Å². The predicted molar refractivity (Wildman–Crippen MR) is 83.7 cm³/mol. The van der Waals surface area contributed by atoms with Crippen LogP contribution in [0.1, 0.15) is 35.5 Å². The molecule has 0 unspecified atom stereocenters. The van der Waals surface area contributed by atoms with Gasteiger partial charge in [-0.25, -0.2) is 4.68 Å². The first-order valence-corrected chi connectivity index (χ1v) is 7.12. The Morgan fingerprint density at radius 2 is 2.10 bits per heavy atom. The summed E-state index contributed by atoms with van der Waals surface area (Å²) < 4.78 is 1.74. The smallest absolute Gasteiger partial charge is 0.271 e. The number of nitrogens with one attached hydrogen (secondary N) is 2. The van der Waals surface area contributed by atoms with Crippen LogP contribution in [0.25, 0.3) is 5.69 Å². The molecule has 0 aliphatic carbocycles. The Morgan fingerprint density at radius 3 is 2.71 bits per heavy atom. The number of amides is 1. The molecule has 1 amide bonds. The fourth-order valence-corrected chi connectivity index (χ4v) is 2.11. The second kappa shape index (κ2) is 6.54. The Morgan fingerprint density at radius 1 is 1.33 bits per heavy atom. The molecule has 5 heteroatoms. The van der Waals surface area contributed by atoms with Crippen LogP contribution >= 0.6 is 0 Å². The summed E-state index contributed by atoms with van der Waals surface area (Å²) in [5.41, 5.74) is 3.77. The van der Waals surface area contributed by atoms with Gasteiger partial charge < -0.3 is 10.6 Å². The molecule has 2 N–H and O–H groups in total. The Kier molecular flexibility index (Phi) is 4.75. The summed E-state index contributed by atoms with van der Waals surface area (Å²) >= 11 is 0. The van der Waals surface area contributed by atoms with Crippen LogP contribution in [0.15, 0.2) is 30.5 Å². The lowest BCUT2D eigenvalue weighted by atomic mass is 10.1. The van der Waals surface area contributed by atoms with Crippen LogP contribution in [0.5, 0.6) is 0 Å². The van der Waals surface area contributed by atoms with E-state index in [9.17, 15) is 4.79 Å². The van der Waals surface area contributed by atoms with E-state index in [4.69, 9.17) is 0 Å². The highest BCUT2D eigenvalue weighted by Crippen LogP contribution is 2.16. The summed E-state index contributed by atoms with van der Waals surface area (Å²) in [4.78, 5) is 11.6. The van der Waals surface area contributed by atoms with Crippen LogP contribution < -0.4 is 10.6 Å². The number of carbonyl (C=O) groups excluding carboxylic acids is 1. The number of nitrogens with zero attached hydrogens (tertiary/aromatic N) is 2. The monoisotopic (exact) mass is 286 g/mol. The van der Waals surface area contributed by atoms with E-state index in [2.05, 4.69) is 48.6 Å². The Hall–Kier alpha value is -2.14. The van der Waals surface area contributed by atoms with E-state index in [0.717, 1.165) is 17.8 Å². The predicted octanol–water partition coefficient (Wildman–Crippen LogP) is 2.04. The number of carbonyl (C=O) groups is 1. The summed E-state index contributed by atoms with van der Waals surface area (Å²) in [7, 11) is 1.60. The second-order valence-corrected chi connectivity index (χ2v) is 5.38. The first-order chi connectivity index (χ1) is 10.0. The van der Waals surface area contributed by atoms with E-state index in [-0.39, 0.29) is 5.91 Å². The maximum absolute atomic E-state index is 11.6. The van der Waals surface area contributed by atoms with Gasteiger partial charge >= 0.3 is 0 Å². The lowest BCUT2D eigenvalue weighted by molar-refractivity contribution is 0.0957. The molecule has 21 heavy (non-hydrogen) atoms. The van der Waals surface area contributed by atoms with Crippen LogP contribution in [-0.4, -0.2) is 28.8 Å². The highest BCUT2D eigenvalue weighted by atomic mass is 16.1. The van der Waals surface area contributed by atoms with Crippen LogP contribution in [0.4, 0.5) is 0 Å². The zero-order chi connectivity index (χ0) is 15.4. The molecule has 2 rings (SSSR count). The van der Waals surface area contributed by atoms with Gasteiger partial charge in [0.25, 0.3) is 5.91 Å². The molecule has 0 aliphatic heterocycles. The molecule has 0 bridgehead atoms. The van der Waals surface area contributed by atoms with Gasteiger partial charge in [0.05, 0.1) is 5.69 Å². The fraction of sp³-hybridized carbons (Fsp3) is 0.375. The Bertz CT molecular complexity index is 631. The van der Waals surface area contributed by atoms with Gasteiger partial charge in [-0.05, 0) is 30.2 Å². The first kappa shape index (κ1) is 15.3. The average molecular weight is 286 g/mol. The van der Waals surface area contributed by atoms with E-state index in [1.165, 1.54) is 5.56 Å². The quantitative estimate of drug-likeness (QED) is 0.884. The van der Waals surface area contributed by atoms with Crippen molar-refractivity contribution in [3.05, 3.63) is 47.3 Å². The highest BCUT2D eigenvalue weighted by Gasteiger charge is 2.09. The van der Waals surface area contributed by atoms with Crippen molar-refractivity contribution >= 4 is 5.91 Å². The Labute approximate surface area is 125 Å². The van der Waals surface area contributed by atoms with Crippen molar-refractivity contribution in [2.75, 3.05) is 7.05 Å². The number of rotatable bonds is 5. The van der Waals surface area contributed by atoms with Gasteiger partial charge in [0.2, 0.25) is 0 Å². The molecule has 2 aromatic rings. The van der Waals surface area contributed by atoms with Crippen LogP contribution in [0.2, 0.25) is 0 Å². The molecule has 112 valence electrons. The highest BCUT2D eigenvalue weighted by molar-refractivity contribution is 5.91. The molecule has 1 heterocycles. The fourth-order valence-electron chi connectivity index (χ4n) is 2.11. The van der Waals surface area contributed by atoms with E-state index in [0.29, 0.717) is 11.7 Å². The molecule has 0 atom stereocenters. The number of hydrogen-bond acceptors (Lipinski definition) is 3. The lowest BCUT2D eigenvalue weighted by Gasteiger charge is -2.11. The van der Waals surface area contributed by atoms with Crippen LogP contribution in [0.3, 0.4) is 0 Å². The Balaban J connectivity index is 2.20. The average Bonchev–Trinajstić information content (AvgIpc) is 2.94. The summed E-state index contributed by atoms with van der Waals surface area (Å²) in [6.07, 6.45) is 1.80. The summed E-state index contributed by atoms with van der Waals surface area (Å²) in [6.45, 7) is 7.16. The van der Waals surface area contributed by atoms with Crippen LogP contribution in [0, 0.1) is 6.92 Å². The first-order valence-electron chi connectivity index (χ1n) is 7.12. The van der Waals surface area contributed by atoms with Gasteiger partial charge in [0, 0.05) is 25.8 Å². The number of benzene rings is 1. The minimum absolute atomic E-state index is 0.177. The largest absolute Gasteiger partial charge is 0.354 e. The van der Waals surface area contributed by atoms with Crippen molar-refractivity contribution in [1.29, 1.82) is 0 Å². The number of hydrogen-bond donors (Lipinski definition) is 2. The molecule has 0 spiro atoms. The third kappa shape index (κ3) is 3.70. The molecule has 1 aromatic heterocycles. The van der Waals surface area contributed by atoms with Gasteiger partial charge in [0.15, 0.2) is 5.69 Å². The van der Waals surface area contributed by atoms with Gasteiger partial charge in [-0.3, -0.25) is 4.79 Å². The van der Waals surface area contributed by atoms with Gasteiger partial charge in [-0.1, -0.05) is 26.0 Å². The van der Waals surface area contributed by atoms with Crippen molar-refractivity contribution < 1.29 is 4.79 Å². The standard InChI is InChI=1S/C16H22N4O/c1-11(2)18-10-13-5-6-15(12(3)9-13)20-8-7-14(19-20)16(21)17-4/h5-9,11,18H,10H2,1-4H3,(H,17,21). The minimum Gasteiger partial charge on any atom is -0.354 e.